The van der Waals surface area contributed by atoms with Gasteiger partial charge in [-0.25, -0.2) is 0 Å². The lowest BCUT2D eigenvalue weighted by Gasteiger charge is -2.24. The molecule has 0 saturated heterocycles. The molecule has 0 atom stereocenters. The fourth-order valence-electron chi connectivity index (χ4n) is 7.02. The Labute approximate surface area is 297 Å². The Morgan fingerprint density at radius 3 is 1.09 bits per heavy atom. The summed E-state index contributed by atoms with van der Waals surface area (Å²) in [6, 6.07) is 17.9. The number of benzene rings is 6. The first kappa shape index (κ1) is 36.6. The van der Waals surface area contributed by atoms with Crippen molar-refractivity contribution in [1.82, 2.24) is 4.90 Å². The lowest BCUT2D eigenvalue weighted by molar-refractivity contribution is -0.144. The Balaban J connectivity index is 1.67. The molecule has 0 unspecified atom stereocenters. The zero-order chi connectivity index (χ0) is 39.1. The predicted octanol–water partition coefficient (Wildman–Crippen LogP) is 12.3. The molecule has 278 valence electrons. The molecule has 1 aliphatic heterocycles. The summed E-state index contributed by atoms with van der Waals surface area (Å²) in [5.74, 6) is -0.632. The topological polar surface area (TPSA) is 53.1 Å². The van der Waals surface area contributed by atoms with Crippen LogP contribution in [0.1, 0.15) is 33.4 Å². The van der Waals surface area contributed by atoms with E-state index in [-0.39, 0.29) is 58.6 Å². The number of rotatable bonds is 2. The van der Waals surface area contributed by atoms with Gasteiger partial charge in [0.05, 0.1) is 22.3 Å². The summed E-state index contributed by atoms with van der Waals surface area (Å²) in [7, 11) is 0. The smallest absolute Gasteiger partial charge is 0.370 e. The van der Waals surface area contributed by atoms with Gasteiger partial charge in [-0.2, -0.15) is 52.7 Å². The fraction of sp³-hybridized carbons (Fsp3) is 0.154. The van der Waals surface area contributed by atoms with Gasteiger partial charge >= 0.3 is 24.7 Å². The average Bonchev–Trinajstić information content (AvgIpc) is 3.27. The number of hydrogen-bond acceptors (Lipinski definition) is 1. The van der Waals surface area contributed by atoms with Crippen molar-refractivity contribution < 1.29 is 52.7 Å². The van der Waals surface area contributed by atoms with Crippen molar-refractivity contribution in [3.05, 3.63) is 130 Å². The first-order chi connectivity index (χ1) is 25.1. The summed E-state index contributed by atoms with van der Waals surface area (Å²) in [6.45, 7) is -0.775. The van der Waals surface area contributed by atoms with E-state index >= 15 is 0 Å². The highest BCUT2D eigenvalue weighted by Crippen LogP contribution is 2.50. The van der Waals surface area contributed by atoms with Crippen LogP contribution in [0.4, 0.5) is 52.7 Å². The molecule has 0 aliphatic carbocycles. The summed E-state index contributed by atoms with van der Waals surface area (Å²) < 4.78 is 169. The molecule has 0 radical (unpaired) electrons. The monoisotopic (exact) mass is 761 g/mol. The van der Waals surface area contributed by atoms with Crippen LogP contribution >= 0.6 is 0 Å². The predicted molar refractivity (Wildman–Crippen MR) is 179 cm³/mol. The van der Waals surface area contributed by atoms with Crippen molar-refractivity contribution in [2.45, 2.75) is 37.8 Å². The molecule has 7 rings (SSSR count). The molecule has 6 aromatic rings. The molecular formula is C39H23F12N3. The van der Waals surface area contributed by atoms with Crippen molar-refractivity contribution in [3.63, 3.8) is 0 Å². The Morgan fingerprint density at radius 1 is 0.481 bits per heavy atom. The number of hydrogen-bond donors (Lipinski definition) is 2. The third kappa shape index (κ3) is 6.56. The van der Waals surface area contributed by atoms with Crippen LogP contribution in [0.15, 0.2) is 97.1 Å². The highest BCUT2D eigenvalue weighted by atomic mass is 19.4. The minimum Gasteiger partial charge on any atom is -0.370 e. The van der Waals surface area contributed by atoms with Crippen LogP contribution in [0.3, 0.4) is 0 Å². The van der Waals surface area contributed by atoms with Gasteiger partial charge in [-0.1, -0.05) is 48.5 Å². The molecule has 1 aliphatic rings. The minimum atomic E-state index is -5.19. The van der Waals surface area contributed by atoms with E-state index in [1.165, 1.54) is 17.0 Å². The third-order valence-electron chi connectivity index (χ3n) is 9.40. The van der Waals surface area contributed by atoms with Gasteiger partial charge in [0.15, 0.2) is 5.96 Å². The number of fused-ring (bicyclic) bond motifs is 7. The maximum Gasteiger partial charge on any atom is 0.416 e. The summed E-state index contributed by atoms with van der Waals surface area (Å²) in [5.41, 5.74) is -0.717. The number of nitrogens with two attached hydrogens (primary N) is 1. The standard InChI is InChI=1S/C39H23F12N3/c40-36(41,42)23-9-21(10-24(15-23)37(43,44)45)29-13-19-5-1-3-7-27(19)33-31(29)17-54(35(52)53)18-32-30(14-20-6-2-4-8-28(20)34(32)33)22-11-25(38(46,47)48)16-26(12-22)39(49,50)51/h1-16H,17-18H2,(H3,52,53). The van der Waals surface area contributed by atoms with E-state index in [0.717, 1.165) is 0 Å². The second kappa shape index (κ2) is 12.4. The molecule has 0 amide bonds. The summed E-state index contributed by atoms with van der Waals surface area (Å²) in [6.07, 6.45) is -20.7. The maximum atomic E-state index is 14.1. The lowest BCUT2D eigenvalue weighted by atomic mass is 9.81. The van der Waals surface area contributed by atoms with Crippen molar-refractivity contribution in [2.24, 2.45) is 5.73 Å². The molecule has 1 heterocycles. The van der Waals surface area contributed by atoms with E-state index in [0.29, 0.717) is 45.8 Å². The Morgan fingerprint density at radius 2 is 0.796 bits per heavy atom. The highest BCUT2D eigenvalue weighted by molar-refractivity contribution is 6.12. The van der Waals surface area contributed by atoms with Gasteiger partial charge in [-0.15, -0.1) is 0 Å². The average molecular weight is 762 g/mol. The molecule has 15 heteroatoms. The molecule has 0 bridgehead atoms. The van der Waals surface area contributed by atoms with Crippen molar-refractivity contribution in [2.75, 3.05) is 0 Å². The van der Waals surface area contributed by atoms with Crippen LogP contribution in [0, 0.1) is 5.41 Å². The van der Waals surface area contributed by atoms with Gasteiger partial charge < -0.3 is 10.6 Å². The van der Waals surface area contributed by atoms with Crippen molar-refractivity contribution in [1.29, 1.82) is 5.41 Å². The fourth-order valence-corrected chi connectivity index (χ4v) is 7.02. The van der Waals surface area contributed by atoms with Crippen molar-refractivity contribution >= 4 is 27.5 Å². The quantitative estimate of drug-likeness (QED) is 0.105. The van der Waals surface area contributed by atoms with Crippen LogP contribution in [0.2, 0.25) is 0 Å². The summed E-state index contributed by atoms with van der Waals surface area (Å²) >= 11 is 0. The SMILES string of the molecule is N=C(N)N1Cc2c(-c3cc(C(F)(F)F)cc(C(F)(F)F)c3)cc3ccccc3c2-c2c(c(-c3cc(C(F)(F)F)cc(C(F)(F)F)c3)cc3ccccc23)C1. The van der Waals surface area contributed by atoms with E-state index in [9.17, 15) is 52.7 Å². The second-order valence-corrected chi connectivity index (χ2v) is 12.8. The van der Waals surface area contributed by atoms with Crippen LogP contribution in [-0.2, 0) is 37.8 Å². The molecule has 3 N–H and O–H groups in total. The molecular weight excluding hydrogens is 738 g/mol. The van der Waals surface area contributed by atoms with Crippen LogP contribution in [0.25, 0.3) is 54.9 Å². The molecule has 0 spiro atoms. The van der Waals surface area contributed by atoms with Crippen LogP contribution in [-0.4, -0.2) is 10.9 Å². The van der Waals surface area contributed by atoms with E-state index < -0.39 is 64.0 Å². The Bertz CT molecular complexity index is 2260. The Kier molecular flexibility index (Phi) is 8.42. The van der Waals surface area contributed by atoms with Crippen LogP contribution in [0.5, 0.6) is 0 Å². The first-order valence-electron chi connectivity index (χ1n) is 15.9. The zero-order valence-corrected chi connectivity index (χ0v) is 27.2. The number of alkyl halides is 12. The molecule has 3 nitrogen and oxygen atoms in total. The largest absolute Gasteiger partial charge is 0.416 e. The van der Waals surface area contributed by atoms with E-state index in [2.05, 4.69) is 0 Å². The zero-order valence-electron chi connectivity index (χ0n) is 27.2. The van der Waals surface area contributed by atoms with Gasteiger partial charge in [-0.3, -0.25) is 5.41 Å². The third-order valence-corrected chi connectivity index (χ3v) is 9.40. The van der Waals surface area contributed by atoms with Gasteiger partial charge in [0, 0.05) is 13.1 Å². The molecule has 0 saturated carbocycles. The van der Waals surface area contributed by atoms with Gasteiger partial charge in [0.2, 0.25) is 0 Å². The van der Waals surface area contributed by atoms with Crippen molar-refractivity contribution in [3.8, 4) is 33.4 Å². The normalized spacial score (nSPS) is 13.9. The summed E-state index contributed by atoms with van der Waals surface area (Å²) in [4.78, 5) is 1.19. The first-order valence-corrected chi connectivity index (χ1v) is 15.9. The number of nitrogens with zero attached hydrogens (tertiary/aromatic N) is 1. The highest BCUT2D eigenvalue weighted by Gasteiger charge is 2.40. The second-order valence-electron chi connectivity index (χ2n) is 12.8. The van der Waals surface area contributed by atoms with Gasteiger partial charge in [-0.05, 0) is 115 Å². The molecule has 54 heavy (non-hydrogen) atoms. The number of nitrogens with one attached hydrogen (secondary N) is 1. The molecule has 0 fully saturated rings. The number of guanidine groups is 1. The maximum absolute atomic E-state index is 14.1. The lowest BCUT2D eigenvalue weighted by Crippen LogP contribution is -2.35. The van der Waals surface area contributed by atoms with E-state index in [1.54, 1.807) is 48.5 Å². The molecule has 6 aromatic carbocycles. The van der Waals surface area contributed by atoms with Crippen LogP contribution < -0.4 is 5.73 Å². The van der Waals surface area contributed by atoms with Gasteiger partial charge in [0.25, 0.3) is 0 Å². The minimum absolute atomic E-state index is 0.00948. The number of halogens is 12. The van der Waals surface area contributed by atoms with E-state index in [1.807, 2.05) is 0 Å². The van der Waals surface area contributed by atoms with E-state index in [4.69, 9.17) is 11.1 Å². The molecule has 0 aromatic heterocycles. The van der Waals surface area contributed by atoms with Gasteiger partial charge in [0.1, 0.15) is 0 Å². The Hall–Kier alpha value is -5.73. The summed E-state index contributed by atoms with van der Waals surface area (Å²) in [5, 5.41) is 9.97.